The minimum absolute atomic E-state index is 0.0448. The number of hydrogen-bond acceptors (Lipinski definition) is 6. The van der Waals surface area contributed by atoms with Crippen LogP contribution in [0.3, 0.4) is 0 Å². The maximum atomic E-state index is 13.7. The minimum Gasteiger partial charge on any atom is -0.479 e. The van der Waals surface area contributed by atoms with Crippen LogP contribution in [0.25, 0.3) is 5.57 Å². The molecule has 11 heteroatoms. The summed E-state index contributed by atoms with van der Waals surface area (Å²) in [6, 6.07) is 15.3. The first kappa shape index (κ1) is 30.2. The van der Waals surface area contributed by atoms with E-state index in [4.69, 9.17) is 5.11 Å². The summed E-state index contributed by atoms with van der Waals surface area (Å²) in [4.78, 5) is 49.9. The third kappa shape index (κ3) is 7.70. The summed E-state index contributed by atoms with van der Waals surface area (Å²) in [6.07, 6.45) is -1.75. The summed E-state index contributed by atoms with van der Waals surface area (Å²) in [5.41, 5.74) is 3.09. The fraction of sp³-hybridized carbons (Fsp3) is 0.226. The van der Waals surface area contributed by atoms with Gasteiger partial charge in [-0.15, -0.1) is 13.2 Å². The standard InChI is InChI=1S/C31H26F3NO7/c32-31(33,34)42-24-13-11-19(12-14-24)26(36)16-25(23-10-5-18-3-1-2-4-22(18)15-23)28(38)20-6-8-21(9-7-20)29(39)35-17-27(37)30(40)41/h5-16,27,37H,1-4,17H2,(H,35,39)(H,40,41)/b25-16-/t27-/m1/s1. The van der Waals surface area contributed by atoms with Crippen molar-refractivity contribution in [1.82, 2.24) is 5.32 Å². The Bertz CT molecular complexity index is 1530. The molecule has 3 aromatic rings. The number of nitrogens with one attached hydrogen (secondary N) is 1. The summed E-state index contributed by atoms with van der Waals surface area (Å²) in [6.45, 7) is -0.508. The Hall–Kier alpha value is -4.77. The smallest absolute Gasteiger partial charge is 0.479 e. The van der Waals surface area contributed by atoms with Crippen LogP contribution in [-0.4, -0.2) is 52.7 Å². The molecular formula is C31H26F3NO7. The minimum atomic E-state index is -4.88. The number of carboxylic acid groups (broad SMARTS) is 1. The number of carbonyl (C=O) groups excluding carboxylic acids is 3. The molecule has 1 aliphatic rings. The lowest BCUT2D eigenvalue weighted by atomic mass is 9.87. The zero-order chi connectivity index (χ0) is 30.4. The van der Waals surface area contributed by atoms with E-state index in [-0.39, 0.29) is 22.3 Å². The molecule has 0 unspecified atom stereocenters. The fourth-order valence-electron chi connectivity index (χ4n) is 4.52. The molecule has 4 rings (SSSR count). The molecule has 0 aromatic heterocycles. The van der Waals surface area contributed by atoms with E-state index < -0.39 is 48.2 Å². The zero-order valence-electron chi connectivity index (χ0n) is 22.1. The Morgan fingerprint density at radius 2 is 1.40 bits per heavy atom. The topological polar surface area (TPSA) is 130 Å². The summed E-state index contributed by atoms with van der Waals surface area (Å²) >= 11 is 0. The second kappa shape index (κ2) is 12.8. The van der Waals surface area contributed by atoms with Crippen LogP contribution in [0.4, 0.5) is 13.2 Å². The number of carboxylic acids is 1. The highest BCUT2D eigenvalue weighted by Crippen LogP contribution is 2.28. The van der Waals surface area contributed by atoms with Gasteiger partial charge in [0.15, 0.2) is 17.7 Å². The molecule has 0 saturated carbocycles. The summed E-state index contributed by atoms with van der Waals surface area (Å²) in [5, 5.41) is 20.4. The Morgan fingerprint density at radius 1 is 0.833 bits per heavy atom. The van der Waals surface area contributed by atoms with Crippen LogP contribution in [0.1, 0.15) is 60.6 Å². The van der Waals surface area contributed by atoms with Crippen LogP contribution in [0, 0.1) is 0 Å². The lowest BCUT2D eigenvalue weighted by Crippen LogP contribution is -2.36. The van der Waals surface area contributed by atoms with Crippen molar-refractivity contribution in [2.45, 2.75) is 38.1 Å². The van der Waals surface area contributed by atoms with Crippen molar-refractivity contribution in [2.75, 3.05) is 6.54 Å². The number of allylic oxidation sites excluding steroid dienone is 2. The largest absolute Gasteiger partial charge is 0.573 e. The van der Waals surface area contributed by atoms with Gasteiger partial charge in [0.2, 0.25) is 0 Å². The first-order valence-corrected chi connectivity index (χ1v) is 13.0. The number of halogens is 3. The number of Topliss-reactive ketones (excluding diaryl/α,β-unsaturated/α-hetero) is 1. The van der Waals surface area contributed by atoms with Gasteiger partial charge in [-0.2, -0.15) is 0 Å². The predicted molar refractivity (Wildman–Crippen MR) is 145 cm³/mol. The number of fused-ring (bicyclic) bond motifs is 1. The highest BCUT2D eigenvalue weighted by atomic mass is 19.4. The van der Waals surface area contributed by atoms with E-state index in [0.29, 0.717) is 5.56 Å². The van der Waals surface area contributed by atoms with Crippen LogP contribution < -0.4 is 10.1 Å². The quantitative estimate of drug-likeness (QED) is 0.232. The molecule has 3 N–H and O–H groups in total. The number of ether oxygens (including phenoxy) is 1. The van der Waals surface area contributed by atoms with Gasteiger partial charge < -0.3 is 20.3 Å². The first-order chi connectivity index (χ1) is 19.9. The summed E-state index contributed by atoms with van der Waals surface area (Å²) in [5.74, 6) is -3.77. The number of aryl methyl sites for hydroxylation is 2. The van der Waals surface area contributed by atoms with Gasteiger partial charge in [-0.25, -0.2) is 4.79 Å². The molecule has 0 saturated heterocycles. The Kier molecular flexibility index (Phi) is 9.21. The molecule has 1 aliphatic carbocycles. The first-order valence-electron chi connectivity index (χ1n) is 13.0. The third-order valence-corrected chi connectivity index (χ3v) is 6.70. The number of aliphatic hydroxyl groups excluding tert-OH is 1. The maximum absolute atomic E-state index is 13.7. The molecule has 8 nitrogen and oxygen atoms in total. The maximum Gasteiger partial charge on any atom is 0.573 e. The molecule has 42 heavy (non-hydrogen) atoms. The van der Waals surface area contributed by atoms with Gasteiger partial charge in [0.25, 0.3) is 5.91 Å². The Labute approximate surface area is 238 Å². The van der Waals surface area contributed by atoms with Gasteiger partial charge in [-0.1, -0.05) is 30.3 Å². The van der Waals surface area contributed by atoms with Gasteiger partial charge in [0.05, 0.1) is 6.54 Å². The fourth-order valence-corrected chi connectivity index (χ4v) is 4.52. The van der Waals surface area contributed by atoms with Crippen molar-refractivity contribution in [3.05, 3.63) is 106 Å². The molecule has 0 fully saturated rings. The molecule has 1 amide bonds. The van der Waals surface area contributed by atoms with E-state index in [1.165, 1.54) is 36.4 Å². The second-order valence-electron chi connectivity index (χ2n) is 9.66. The van der Waals surface area contributed by atoms with Gasteiger partial charge in [-0.3, -0.25) is 14.4 Å². The molecule has 0 radical (unpaired) electrons. The van der Waals surface area contributed by atoms with E-state index in [1.807, 2.05) is 12.1 Å². The SMILES string of the molecule is O=C(/C=C(\C(=O)c1ccc(C(=O)NC[C@@H](O)C(=O)O)cc1)c1ccc2c(c1)CCCC2)c1ccc(OC(F)(F)F)cc1. The molecule has 0 heterocycles. The normalized spacial score (nSPS) is 14.0. The summed E-state index contributed by atoms with van der Waals surface area (Å²) < 4.78 is 41.4. The van der Waals surface area contributed by atoms with Crippen molar-refractivity contribution < 1.29 is 47.3 Å². The molecule has 3 aromatic carbocycles. The number of alkyl halides is 3. The molecule has 0 spiro atoms. The predicted octanol–water partition coefficient (Wildman–Crippen LogP) is 4.79. The van der Waals surface area contributed by atoms with E-state index in [1.54, 1.807) is 6.07 Å². The monoisotopic (exact) mass is 581 g/mol. The number of rotatable bonds is 10. The van der Waals surface area contributed by atoms with Crippen LogP contribution in [0.2, 0.25) is 0 Å². The van der Waals surface area contributed by atoms with Gasteiger partial charge >= 0.3 is 12.3 Å². The van der Waals surface area contributed by atoms with Gasteiger partial charge in [0, 0.05) is 22.3 Å². The van der Waals surface area contributed by atoms with E-state index in [9.17, 15) is 37.5 Å². The number of aliphatic hydroxyl groups is 1. The van der Waals surface area contributed by atoms with E-state index in [2.05, 4.69) is 10.1 Å². The molecule has 0 aliphatic heterocycles. The average molecular weight is 582 g/mol. The molecule has 0 bridgehead atoms. The number of ketones is 2. The van der Waals surface area contributed by atoms with Crippen LogP contribution in [0.5, 0.6) is 5.75 Å². The molecule has 218 valence electrons. The number of hydrogen-bond donors (Lipinski definition) is 3. The van der Waals surface area contributed by atoms with E-state index in [0.717, 1.165) is 55.0 Å². The van der Waals surface area contributed by atoms with Crippen molar-refractivity contribution in [1.29, 1.82) is 0 Å². The lowest BCUT2D eigenvalue weighted by molar-refractivity contribution is -0.274. The van der Waals surface area contributed by atoms with Crippen LogP contribution in [0.15, 0.2) is 72.8 Å². The number of carbonyl (C=O) groups is 4. The summed E-state index contributed by atoms with van der Waals surface area (Å²) in [7, 11) is 0. The van der Waals surface area contributed by atoms with Crippen LogP contribution >= 0.6 is 0 Å². The highest BCUT2D eigenvalue weighted by molar-refractivity contribution is 6.32. The Balaban J connectivity index is 1.63. The number of aliphatic carboxylic acids is 1. The van der Waals surface area contributed by atoms with Crippen molar-refractivity contribution in [3.8, 4) is 5.75 Å². The van der Waals surface area contributed by atoms with Crippen LogP contribution in [-0.2, 0) is 17.6 Å². The number of benzene rings is 3. The van der Waals surface area contributed by atoms with Gasteiger partial charge in [-0.05, 0) is 84.8 Å². The molecular weight excluding hydrogens is 555 g/mol. The highest BCUT2D eigenvalue weighted by Gasteiger charge is 2.31. The lowest BCUT2D eigenvalue weighted by Gasteiger charge is -2.17. The van der Waals surface area contributed by atoms with Crippen molar-refractivity contribution in [2.24, 2.45) is 0 Å². The van der Waals surface area contributed by atoms with Crippen molar-refractivity contribution in [3.63, 3.8) is 0 Å². The second-order valence-corrected chi connectivity index (χ2v) is 9.66. The van der Waals surface area contributed by atoms with Crippen molar-refractivity contribution >= 4 is 29.0 Å². The Morgan fingerprint density at radius 3 is 2.02 bits per heavy atom. The molecule has 1 atom stereocenters. The van der Waals surface area contributed by atoms with Gasteiger partial charge in [0.1, 0.15) is 5.75 Å². The third-order valence-electron chi connectivity index (χ3n) is 6.70. The zero-order valence-corrected chi connectivity index (χ0v) is 22.1. The average Bonchev–Trinajstić information content (AvgIpc) is 2.97. The number of amides is 1. The van der Waals surface area contributed by atoms with E-state index >= 15 is 0 Å².